The molecule has 0 bridgehead atoms. The lowest BCUT2D eigenvalue weighted by atomic mass is 9.83. The first-order valence-corrected chi connectivity index (χ1v) is 6.99. The standard InChI is InChI=1S/C13H23N3O2.ClH/c14-6-7-15-12(17)11-5-2-8-16(9-11)13(18)10-3-1-4-10;/h10-11H,1-9,14H2,(H,15,17);1H. The molecule has 1 aliphatic heterocycles. The van der Waals surface area contributed by atoms with Gasteiger partial charge in [0.05, 0.1) is 5.92 Å². The second-order valence-corrected chi connectivity index (χ2v) is 5.33. The third kappa shape index (κ3) is 4.08. The van der Waals surface area contributed by atoms with Gasteiger partial charge in [-0.1, -0.05) is 6.42 Å². The van der Waals surface area contributed by atoms with Gasteiger partial charge in [-0.25, -0.2) is 0 Å². The van der Waals surface area contributed by atoms with E-state index in [-0.39, 0.29) is 36.1 Å². The average Bonchev–Trinajstić information content (AvgIpc) is 2.34. The maximum Gasteiger partial charge on any atom is 0.225 e. The fourth-order valence-corrected chi connectivity index (χ4v) is 2.64. The highest BCUT2D eigenvalue weighted by Gasteiger charge is 2.33. The molecule has 1 saturated carbocycles. The van der Waals surface area contributed by atoms with Gasteiger partial charge in [0.2, 0.25) is 11.8 Å². The number of carbonyl (C=O) groups excluding carboxylic acids is 2. The van der Waals surface area contributed by atoms with Gasteiger partial charge in [-0.05, 0) is 25.7 Å². The van der Waals surface area contributed by atoms with Crippen molar-refractivity contribution in [3.63, 3.8) is 0 Å². The van der Waals surface area contributed by atoms with Crippen molar-refractivity contribution < 1.29 is 9.59 Å². The Morgan fingerprint density at radius 2 is 1.84 bits per heavy atom. The number of hydrogen-bond donors (Lipinski definition) is 2. The molecule has 1 atom stereocenters. The Labute approximate surface area is 120 Å². The predicted octanol–water partition coefficient (Wildman–Crippen LogP) is 0.522. The number of carbonyl (C=O) groups is 2. The van der Waals surface area contributed by atoms with Crippen LogP contribution in [0.1, 0.15) is 32.1 Å². The minimum atomic E-state index is -0.0469. The molecule has 2 aliphatic rings. The largest absolute Gasteiger partial charge is 0.355 e. The third-order valence-corrected chi connectivity index (χ3v) is 4.00. The molecule has 2 amide bonds. The molecule has 0 spiro atoms. The summed E-state index contributed by atoms with van der Waals surface area (Å²) in [5.41, 5.74) is 5.37. The molecule has 2 fully saturated rings. The second kappa shape index (κ2) is 7.70. The van der Waals surface area contributed by atoms with E-state index in [2.05, 4.69) is 5.32 Å². The zero-order valence-electron chi connectivity index (χ0n) is 11.3. The topological polar surface area (TPSA) is 75.4 Å². The zero-order chi connectivity index (χ0) is 13.0. The van der Waals surface area contributed by atoms with Crippen molar-refractivity contribution in [3.05, 3.63) is 0 Å². The van der Waals surface area contributed by atoms with E-state index in [9.17, 15) is 9.59 Å². The number of halogens is 1. The lowest BCUT2D eigenvalue weighted by Gasteiger charge is -2.36. The van der Waals surface area contributed by atoms with Gasteiger partial charge < -0.3 is 16.0 Å². The molecule has 0 radical (unpaired) electrons. The van der Waals surface area contributed by atoms with Crippen molar-refractivity contribution in [3.8, 4) is 0 Å². The summed E-state index contributed by atoms with van der Waals surface area (Å²) in [6.07, 6.45) is 5.04. The van der Waals surface area contributed by atoms with Crippen LogP contribution >= 0.6 is 12.4 Å². The Hall–Kier alpha value is -0.810. The first-order valence-electron chi connectivity index (χ1n) is 6.99. The van der Waals surface area contributed by atoms with Gasteiger partial charge in [-0.3, -0.25) is 9.59 Å². The summed E-state index contributed by atoms with van der Waals surface area (Å²) in [7, 11) is 0. The van der Waals surface area contributed by atoms with E-state index in [4.69, 9.17) is 5.73 Å². The van der Waals surface area contributed by atoms with Crippen LogP contribution in [0.15, 0.2) is 0 Å². The Kier molecular flexibility index (Phi) is 6.58. The first-order chi connectivity index (χ1) is 8.72. The lowest BCUT2D eigenvalue weighted by molar-refractivity contribution is -0.141. The van der Waals surface area contributed by atoms with Crippen molar-refractivity contribution >= 4 is 24.2 Å². The van der Waals surface area contributed by atoms with E-state index < -0.39 is 0 Å². The van der Waals surface area contributed by atoms with Crippen LogP contribution < -0.4 is 11.1 Å². The van der Waals surface area contributed by atoms with Gasteiger partial charge >= 0.3 is 0 Å². The normalized spacial score (nSPS) is 23.2. The maximum absolute atomic E-state index is 12.1. The van der Waals surface area contributed by atoms with Crippen LogP contribution in [0.2, 0.25) is 0 Å². The van der Waals surface area contributed by atoms with Gasteiger partial charge in [-0.15, -0.1) is 12.4 Å². The van der Waals surface area contributed by atoms with Crippen molar-refractivity contribution in [1.82, 2.24) is 10.2 Å². The SMILES string of the molecule is Cl.NCCNC(=O)C1CCCN(C(=O)C2CCC2)C1. The monoisotopic (exact) mass is 289 g/mol. The molecule has 0 aromatic carbocycles. The quantitative estimate of drug-likeness (QED) is 0.792. The molecule has 1 saturated heterocycles. The summed E-state index contributed by atoms with van der Waals surface area (Å²) in [6, 6.07) is 0. The van der Waals surface area contributed by atoms with E-state index >= 15 is 0 Å². The summed E-state index contributed by atoms with van der Waals surface area (Å²) in [6.45, 7) is 2.39. The Bertz CT molecular complexity index is 321. The molecule has 1 heterocycles. The van der Waals surface area contributed by atoms with E-state index in [0.717, 1.165) is 32.2 Å². The van der Waals surface area contributed by atoms with Crippen molar-refractivity contribution in [1.29, 1.82) is 0 Å². The average molecular weight is 290 g/mol. The van der Waals surface area contributed by atoms with Crippen LogP contribution in [0.3, 0.4) is 0 Å². The van der Waals surface area contributed by atoms with Gasteiger partial charge in [0.25, 0.3) is 0 Å². The summed E-state index contributed by atoms with van der Waals surface area (Å²) >= 11 is 0. The first kappa shape index (κ1) is 16.2. The van der Waals surface area contributed by atoms with Crippen LogP contribution in [0.4, 0.5) is 0 Å². The Balaban J connectivity index is 0.00000180. The van der Waals surface area contributed by atoms with E-state index in [1.54, 1.807) is 0 Å². The molecule has 0 aromatic rings. The molecule has 0 aromatic heterocycles. The Morgan fingerprint density at radius 3 is 2.42 bits per heavy atom. The number of rotatable bonds is 4. The van der Waals surface area contributed by atoms with Gasteiger partial charge in [0, 0.05) is 32.1 Å². The highest BCUT2D eigenvalue weighted by atomic mass is 35.5. The highest BCUT2D eigenvalue weighted by molar-refractivity contribution is 5.85. The van der Waals surface area contributed by atoms with Crippen LogP contribution in [0.5, 0.6) is 0 Å². The van der Waals surface area contributed by atoms with Crippen molar-refractivity contribution in [2.75, 3.05) is 26.2 Å². The minimum absolute atomic E-state index is 0. The summed E-state index contributed by atoms with van der Waals surface area (Å²) in [4.78, 5) is 25.9. The van der Waals surface area contributed by atoms with Crippen LogP contribution in [0, 0.1) is 11.8 Å². The number of nitrogens with zero attached hydrogens (tertiary/aromatic N) is 1. The molecule has 110 valence electrons. The molecule has 6 heteroatoms. The maximum atomic E-state index is 12.1. The van der Waals surface area contributed by atoms with Crippen LogP contribution in [-0.4, -0.2) is 42.9 Å². The highest BCUT2D eigenvalue weighted by Crippen LogP contribution is 2.30. The number of nitrogens with one attached hydrogen (secondary N) is 1. The molecule has 5 nitrogen and oxygen atoms in total. The molecule has 3 N–H and O–H groups in total. The number of likely N-dealkylation sites (tertiary alicyclic amines) is 1. The van der Waals surface area contributed by atoms with E-state index in [1.807, 2.05) is 4.90 Å². The van der Waals surface area contributed by atoms with E-state index in [1.165, 1.54) is 6.42 Å². The molecular formula is C13H24ClN3O2. The Morgan fingerprint density at radius 1 is 1.16 bits per heavy atom. The van der Waals surface area contributed by atoms with Gasteiger partial charge in [-0.2, -0.15) is 0 Å². The van der Waals surface area contributed by atoms with Gasteiger partial charge in [0.15, 0.2) is 0 Å². The third-order valence-electron chi connectivity index (χ3n) is 4.00. The summed E-state index contributed by atoms with van der Waals surface area (Å²) < 4.78 is 0. The van der Waals surface area contributed by atoms with Crippen molar-refractivity contribution in [2.24, 2.45) is 17.6 Å². The molecule has 1 aliphatic carbocycles. The van der Waals surface area contributed by atoms with Gasteiger partial charge in [0.1, 0.15) is 0 Å². The zero-order valence-corrected chi connectivity index (χ0v) is 12.1. The fourth-order valence-electron chi connectivity index (χ4n) is 2.64. The number of nitrogens with two attached hydrogens (primary N) is 1. The lowest BCUT2D eigenvalue weighted by Crippen LogP contribution is -2.48. The smallest absolute Gasteiger partial charge is 0.225 e. The molecule has 1 unspecified atom stereocenters. The number of amides is 2. The summed E-state index contributed by atoms with van der Waals surface area (Å²) in [5, 5.41) is 2.82. The number of hydrogen-bond acceptors (Lipinski definition) is 3. The van der Waals surface area contributed by atoms with Crippen molar-refractivity contribution in [2.45, 2.75) is 32.1 Å². The molecule has 2 rings (SSSR count). The predicted molar refractivity (Wildman–Crippen MR) is 76.0 cm³/mol. The van der Waals surface area contributed by atoms with E-state index in [0.29, 0.717) is 19.6 Å². The van der Waals surface area contributed by atoms with Crippen LogP contribution in [-0.2, 0) is 9.59 Å². The molecular weight excluding hydrogens is 266 g/mol. The number of piperidine rings is 1. The fraction of sp³-hybridized carbons (Fsp3) is 0.846. The summed E-state index contributed by atoms with van der Waals surface area (Å²) in [5.74, 6) is 0.495. The van der Waals surface area contributed by atoms with Crippen LogP contribution in [0.25, 0.3) is 0 Å². The second-order valence-electron chi connectivity index (χ2n) is 5.33. The minimum Gasteiger partial charge on any atom is -0.355 e. The molecule has 19 heavy (non-hydrogen) atoms.